The average Bonchev–Trinajstić information content (AvgIpc) is 3.07. The molecule has 1 N–H and O–H groups in total. The van der Waals surface area contributed by atoms with E-state index >= 15 is 0 Å². The Bertz CT molecular complexity index is 909. The Morgan fingerprint density at radius 2 is 1.96 bits per heavy atom. The molecule has 2 aromatic carbocycles. The molecule has 26 heavy (non-hydrogen) atoms. The second-order valence-corrected chi connectivity index (χ2v) is 7.30. The van der Waals surface area contributed by atoms with E-state index in [1.54, 1.807) is 12.1 Å². The number of nitrogens with one attached hydrogen (secondary N) is 1. The summed E-state index contributed by atoms with van der Waals surface area (Å²) in [5.41, 5.74) is 3.75. The van der Waals surface area contributed by atoms with Gasteiger partial charge >= 0.3 is 0 Å². The number of hydrogen-bond donors (Lipinski definition) is 1. The maximum absolute atomic E-state index is 12.1. The van der Waals surface area contributed by atoms with Gasteiger partial charge in [-0.3, -0.25) is 4.79 Å². The van der Waals surface area contributed by atoms with Gasteiger partial charge in [-0.05, 0) is 49.7 Å². The van der Waals surface area contributed by atoms with Gasteiger partial charge in [-0.15, -0.1) is 11.8 Å². The zero-order valence-corrected chi connectivity index (χ0v) is 16.0. The van der Waals surface area contributed by atoms with Crippen LogP contribution in [0.5, 0.6) is 0 Å². The number of thioether (sulfide) groups is 1. The third-order valence-corrected chi connectivity index (χ3v) is 4.86. The largest absolute Gasteiger partial charge is 0.334 e. The van der Waals surface area contributed by atoms with E-state index in [4.69, 9.17) is 16.1 Å². The molecule has 0 saturated heterocycles. The van der Waals surface area contributed by atoms with Crippen molar-refractivity contribution in [3.05, 3.63) is 64.4 Å². The Balaban J connectivity index is 1.50. The number of amides is 1. The Hall–Kier alpha value is -2.31. The molecule has 0 unspecified atom stereocenters. The van der Waals surface area contributed by atoms with Crippen LogP contribution >= 0.6 is 23.4 Å². The van der Waals surface area contributed by atoms with Gasteiger partial charge < -0.3 is 9.84 Å². The summed E-state index contributed by atoms with van der Waals surface area (Å²) < 4.78 is 5.28. The molecule has 1 aromatic heterocycles. The normalized spacial score (nSPS) is 10.7. The predicted octanol–water partition coefficient (Wildman–Crippen LogP) is 4.88. The number of rotatable bonds is 6. The van der Waals surface area contributed by atoms with Crippen molar-refractivity contribution >= 4 is 35.0 Å². The van der Waals surface area contributed by atoms with Gasteiger partial charge in [0.2, 0.25) is 5.91 Å². The lowest BCUT2D eigenvalue weighted by atomic mass is 10.1. The van der Waals surface area contributed by atoms with Crippen molar-refractivity contribution in [2.75, 3.05) is 11.1 Å². The van der Waals surface area contributed by atoms with Crippen LogP contribution in [0.4, 0.5) is 5.69 Å². The van der Waals surface area contributed by atoms with Crippen LogP contribution in [0.3, 0.4) is 0 Å². The van der Waals surface area contributed by atoms with Gasteiger partial charge in [-0.2, -0.15) is 4.98 Å². The zero-order valence-electron chi connectivity index (χ0n) is 14.5. The van der Waals surface area contributed by atoms with Crippen LogP contribution in [-0.2, 0) is 10.5 Å². The van der Waals surface area contributed by atoms with E-state index in [-0.39, 0.29) is 5.91 Å². The number of halogens is 1. The molecule has 3 rings (SSSR count). The minimum absolute atomic E-state index is 0.0809. The highest BCUT2D eigenvalue weighted by molar-refractivity contribution is 7.99. The quantitative estimate of drug-likeness (QED) is 0.652. The first-order valence-electron chi connectivity index (χ1n) is 8.04. The van der Waals surface area contributed by atoms with Crippen molar-refractivity contribution < 1.29 is 9.32 Å². The highest BCUT2D eigenvalue weighted by Crippen LogP contribution is 2.21. The van der Waals surface area contributed by atoms with Gasteiger partial charge in [0.05, 0.1) is 11.5 Å². The average molecular weight is 388 g/mol. The van der Waals surface area contributed by atoms with E-state index in [0.29, 0.717) is 28.2 Å². The molecule has 0 bridgehead atoms. The number of carbonyl (C=O) groups excluding carboxylic acids is 1. The molecule has 0 radical (unpaired) electrons. The first kappa shape index (κ1) is 18.5. The maximum Gasteiger partial charge on any atom is 0.257 e. The first-order valence-corrected chi connectivity index (χ1v) is 9.58. The molecule has 0 fully saturated rings. The van der Waals surface area contributed by atoms with Crippen molar-refractivity contribution in [3.8, 4) is 11.5 Å². The molecular formula is C19H18ClN3O2S. The van der Waals surface area contributed by atoms with Crippen LogP contribution in [0, 0.1) is 13.8 Å². The third kappa shape index (κ3) is 4.86. The molecule has 1 amide bonds. The van der Waals surface area contributed by atoms with E-state index < -0.39 is 0 Å². The molecule has 0 spiro atoms. The van der Waals surface area contributed by atoms with Gasteiger partial charge in [-0.1, -0.05) is 34.5 Å². The van der Waals surface area contributed by atoms with E-state index in [1.807, 2.05) is 44.2 Å². The summed E-state index contributed by atoms with van der Waals surface area (Å²) in [5.74, 6) is 1.78. The van der Waals surface area contributed by atoms with E-state index in [2.05, 4.69) is 15.5 Å². The number of carbonyl (C=O) groups is 1. The summed E-state index contributed by atoms with van der Waals surface area (Å²) in [4.78, 5) is 16.4. The second-order valence-electron chi connectivity index (χ2n) is 5.88. The fraction of sp³-hybridized carbons (Fsp3) is 0.211. The van der Waals surface area contributed by atoms with Gasteiger partial charge in [0.25, 0.3) is 5.89 Å². The van der Waals surface area contributed by atoms with Crippen LogP contribution in [-0.4, -0.2) is 21.8 Å². The predicted molar refractivity (Wildman–Crippen MR) is 105 cm³/mol. The molecule has 0 aliphatic heterocycles. The minimum Gasteiger partial charge on any atom is -0.334 e. The summed E-state index contributed by atoms with van der Waals surface area (Å²) in [6, 6.07) is 13.3. The molecule has 7 heteroatoms. The fourth-order valence-corrected chi connectivity index (χ4v) is 3.20. The van der Waals surface area contributed by atoms with Gasteiger partial charge in [0, 0.05) is 16.3 Å². The molecule has 0 atom stereocenters. The summed E-state index contributed by atoms with van der Waals surface area (Å²) in [7, 11) is 0. The van der Waals surface area contributed by atoms with E-state index in [0.717, 1.165) is 16.8 Å². The van der Waals surface area contributed by atoms with Crippen LogP contribution in [0.2, 0.25) is 5.02 Å². The number of hydrogen-bond acceptors (Lipinski definition) is 5. The van der Waals surface area contributed by atoms with Crippen LogP contribution < -0.4 is 5.32 Å². The SMILES string of the molecule is Cc1ccc(-c2nc(CSCC(=O)Nc3ccc(Cl)cc3C)no2)cc1. The summed E-state index contributed by atoms with van der Waals surface area (Å²) in [6.07, 6.45) is 0. The van der Waals surface area contributed by atoms with Crippen molar-refractivity contribution in [2.45, 2.75) is 19.6 Å². The highest BCUT2D eigenvalue weighted by atomic mass is 35.5. The molecule has 0 aliphatic carbocycles. The third-order valence-electron chi connectivity index (χ3n) is 3.69. The minimum atomic E-state index is -0.0809. The van der Waals surface area contributed by atoms with E-state index in [9.17, 15) is 4.79 Å². The number of aryl methyl sites for hydroxylation is 2. The lowest BCUT2D eigenvalue weighted by Gasteiger charge is -2.08. The summed E-state index contributed by atoms with van der Waals surface area (Å²) in [6.45, 7) is 3.93. The lowest BCUT2D eigenvalue weighted by Crippen LogP contribution is -2.15. The molecule has 0 saturated carbocycles. The van der Waals surface area contributed by atoms with Gasteiger partial charge in [0.1, 0.15) is 0 Å². The number of anilines is 1. The Labute approximate surface area is 161 Å². The van der Waals surface area contributed by atoms with Crippen molar-refractivity contribution in [2.24, 2.45) is 0 Å². The maximum atomic E-state index is 12.1. The van der Waals surface area contributed by atoms with Crippen LogP contribution in [0.25, 0.3) is 11.5 Å². The summed E-state index contributed by atoms with van der Waals surface area (Å²) in [5, 5.41) is 7.49. The van der Waals surface area contributed by atoms with Crippen LogP contribution in [0.1, 0.15) is 17.0 Å². The highest BCUT2D eigenvalue weighted by Gasteiger charge is 2.10. The standard InChI is InChI=1S/C19H18ClN3O2S/c1-12-3-5-14(6-4-12)19-22-17(23-25-19)10-26-11-18(24)21-16-8-7-15(20)9-13(16)2/h3-9H,10-11H2,1-2H3,(H,21,24). The fourth-order valence-electron chi connectivity index (χ4n) is 2.31. The summed E-state index contributed by atoms with van der Waals surface area (Å²) >= 11 is 7.35. The van der Waals surface area contributed by atoms with Gasteiger partial charge in [0.15, 0.2) is 5.82 Å². The number of aromatic nitrogens is 2. The molecule has 5 nitrogen and oxygen atoms in total. The first-order chi connectivity index (χ1) is 12.5. The van der Waals surface area contributed by atoms with Crippen molar-refractivity contribution in [3.63, 3.8) is 0 Å². The monoisotopic (exact) mass is 387 g/mol. The number of benzene rings is 2. The second kappa shape index (κ2) is 8.38. The topological polar surface area (TPSA) is 68.0 Å². The Morgan fingerprint density at radius 3 is 2.69 bits per heavy atom. The zero-order chi connectivity index (χ0) is 18.5. The Kier molecular flexibility index (Phi) is 5.96. The molecule has 1 heterocycles. The van der Waals surface area contributed by atoms with Crippen molar-refractivity contribution in [1.82, 2.24) is 10.1 Å². The van der Waals surface area contributed by atoms with E-state index in [1.165, 1.54) is 17.3 Å². The molecular weight excluding hydrogens is 370 g/mol. The van der Waals surface area contributed by atoms with Crippen molar-refractivity contribution in [1.29, 1.82) is 0 Å². The number of nitrogens with zero attached hydrogens (tertiary/aromatic N) is 2. The molecule has 3 aromatic rings. The lowest BCUT2D eigenvalue weighted by molar-refractivity contribution is -0.113. The molecule has 0 aliphatic rings. The van der Waals surface area contributed by atoms with Gasteiger partial charge in [-0.25, -0.2) is 0 Å². The molecule has 134 valence electrons. The Morgan fingerprint density at radius 1 is 1.19 bits per heavy atom. The smallest absolute Gasteiger partial charge is 0.257 e. The van der Waals surface area contributed by atoms with Crippen LogP contribution in [0.15, 0.2) is 47.0 Å².